The standard InChI is InChI=1S/C17H23N3O3/c1-4-9-18-16(21)11-20(3)17(22)15-10-14(19-23-15)13-8-6-5-7-12(13)2/h5-8,15H,4,9-11H2,1-3H3,(H,18,21)/t15-/m1/s1. The van der Waals surface area contributed by atoms with Crippen molar-refractivity contribution >= 4 is 17.5 Å². The largest absolute Gasteiger partial charge is 0.382 e. The Labute approximate surface area is 136 Å². The van der Waals surface area contributed by atoms with Crippen molar-refractivity contribution in [2.24, 2.45) is 5.16 Å². The maximum atomic E-state index is 12.4. The predicted octanol–water partition coefficient (Wildman–Crippen LogP) is 1.47. The Morgan fingerprint density at radius 2 is 2.13 bits per heavy atom. The van der Waals surface area contributed by atoms with E-state index in [1.165, 1.54) is 4.90 Å². The van der Waals surface area contributed by atoms with Gasteiger partial charge < -0.3 is 15.1 Å². The number of hydrogen-bond donors (Lipinski definition) is 1. The molecule has 0 bridgehead atoms. The van der Waals surface area contributed by atoms with Crippen molar-refractivity contribution in [3.05, 3.63) is 35.4 Å². The van der Waals surface area contributed by atoms with E-state index in [-0.39, 0.29) is 18.4 Å². The highest BCUT2D eigenvalue weighted by atomic mass is 16.6. The second-order valence-electron chi connectivity index (χ2n) is 5.70. The maximum Gasteiger partial charge on any atom is 0.267 e. The first kappa shape index (κ1) is 17.0. The summed E-state index contributed by atoms with van der Waals surface area (Å²) in [4.78, 5) is 30.7. The molecular formula is C17H23N3O3. The van der Waals surface area contributed by atoms with Crippen LogP contribution in [0.2, 0.25) is 0 Å². The zero-order chi connectivity index (χ0) is 16.8. The summed E-state index contributed by atoms with van der Waals surface area (Å²) >= 11 is 0. The van der Waals surface area contributed by atoms with Crippen LogP contribution in [0.1, 0.15) is 30.9 Å². The fraction of sp³-hybridized carbons (Fsp3) is 0.471. The number of aryl methyl sites for hydroxylation is 1. The lowest BCUT2D eigenvalue weighted by molar-refractivity contribution is -0.143. The van der Waals surface area contributed by atoms with Gasteiger partial charge in [0.1, 0.15) is 0 Å². The number of carbonyl (C=O) groups excluding carboxylic acids is 2. The summed E-state index contributed by atoms with van der Waals surface area (Å²) in [6.07, 6.45) is 0.626. The molecule has 0 saturated carbocycles. The summed E-state index contributed by atoms with van der Waals surface area (Å²) in [5, 5.41) is 6.80. The Hall–Kier alpha value is -2.37. The van der Waals surface area contributed by atoms with Crippen LogP contribution in [0.15, 0.2) is 29.4 Å². The van der Waals surface area contributed by atoms with Gasteiger partial charge in [-0.25, -0.2) is 0 Å². The van der Waals surface area contributed by atoms with Crippen molar-refractivity contribution in [1.29, 1.82) is 0 Å². The molecule has 124 valence electrons. The molecule has 0 spiro atoms. The molecule has 1 aliphatic rings. The number of carbonyl (C=O) groups is 2. The van der Waals surface area contributed by atoms with Gasteiger partial charge in [-0.15, -0.1) is 0 Å². The minimum atomic E-state index is -0.659. The molecule has 6 heteroatoms. The van der Waals surface area contributed by atoms with E-state index in [0.29, 0.717) is 13.0 Å². The summed E-state index contributed by atoms with van der Waals surface area (Å²) in [5.41, 5.74) is 2.85. The van der Waals surface area contributed by atoms with E-state index in [9.17, 15) is 9.59 Å². The normalized spacial score (nSPS) is 16.5. The number of nitrogens with zero attached hydrogens (tertiary/aromatic N) is 2. The molecular weight excluding hydrogens is 294 g/mol. The summed E-state index contributed by atoms with van der Waals surface area (Å²) in [5.74, 6) is -0.398. The molecule has 0 unspecified atom stereocenters. The van der Waals surface area contributed by atoms with Gasteiger partial charge >= 0.3 is 0 Å². The fourth-order valence-electron chi connectivity index (χ4n) is 2.43. The predicted molar refractivity (Wildman–Crippen MR) is 88.1 cm³/mol. The third kappa shape index (κ3) is 4.31. The molecule has 2 rings (SSSR count). The number of hydrogen-bond acceptors (Lipinski definition) is 4. The first-order chi connectivity index (χ1) is 11.0. The Morgan fingerprint density at radius 3 is 2.83 bits per heavy atom. The van der Waals surface area contributed by atoms with Crippen molar-refractivity contribution in [2.75, 3.05) is 20.1 Å². The van der Waals surface area contributed by atoms with Crippen LogP contribution in [0, 0.1) is 6.92 Å². The highest BCUT2D eigenvalue weighted by molar-refractivity contribution is 6.05. The number of oxime groups is 1. The van der Waals surface area contributed by atoms with Gasteiger partial charge in [-0.2, -0.15) is 0 Å². The van der Waals surface area contributed by atoms with E-state index in [2.05, 4.69) is 10.5 Å². The van der Waals surface area contributed by atoms with Gasteiger partial charge in [0.2, 0.25) is 12.0 Å². The molecule has 0 radical (unpaired) electrons. The minimum Gasteiger partial charge on any atom is -0.382 e. The lowest BCUT2D eigenvalue weighted by Crippen LogP contribution is -2.43. The zero-order valence-corrected chi connectivity index (χ0v) is 13.8. The summed E-state index contributed by atoms with van der Waals surface area (Å²) < 4.78 is 0. The van der Waals surface area contributed by atoms with Crippen LogP contribution < -0.4 is 5.32 Å². The average Bonchev–Trinajstić information content (AvgIpc) is 3.02. The van der Waals surface area contributed by atoms with Gasteiger partial charge in [0.25, 0.3) is 5.91 Å². The van der Waals surface area contributed by atoms with E-state index >= 15 is 0 Å². The molecule has 23 heavy (non-hydrogen) atoms. The highest BCUT2D eigenvalue weighted by Gasteiger charge is 2.32. The third-order valence-corrected chi connectivity index (χ3v) is 3.73. The molecule has 0 saturated heterocycles. The van der Waals surface area contributed by atoms with Crippen LogP contribution in [0.5, 0.6) is 0 Å². The summed E-state index contributed by atoms with van der Waals surface area (Å²) in [7, 11) is 1.60. The lowest BCUT2D eigenvalue weighted by Gasteiger charge is -2.19. The topological polar surface area (TPSA) is 71.0 Å². The van der Waals surface area contributed by atoms with Gasteiger partial charge in [0.15, 0.2) is 0 Å². The molecule has 1 heterocycles. The Morgan fingerprint density at radius 1 is 1.39 bits per heavy atom. The quantitative estimate of drug-likeness (QED) is 0.864. The van der Waals surface area contributed by atoms with Crippen LogP contribution in [0.3, 0.4) is 0 Å². The molecule has 2 amide bonds. The maximum absolute atomic E-state index is 12.4. The first-order valence-corrected chi connectivity index (χ1v) is 7.83. The van der Waals surface area contributed by atoms with Gasteiger partial charge in [-0.05, 0) is 18.9 Å². The number of nitrogens with one attached hydrogen (secondary N) is 1. The smallest absolute Gasteiger partial charge is 0.267 e. The average molecular weight is 317 g/mol. The van der Waals surface area contributed by atoms with E-state index < -0.39 is 6.10 Å². The van der Waals surface area contributed by atoms with Crippen molar-refractivity contribution in [1.82, 2.24) is 10.2 Å². The zero-order valence-electron chi connectivity index (χ0n) is 13.8. The molecule has 1 aliphatic heterocycles. The second-order valence-corrected chi connectivity index (χ2v) is 5.70. The van der Waals surface area contributed by atoms with E-state index in [4.69, 9.17) is 4.84 Å². The summed E-state index contributed by atoms with van der Waals surface area (Å²) in [6.45, 7) is 4.61. The Bertz CT molecular complexity index is 613. The summed E-state index contributed by atoms with van der Waals surface area (Å²) in [6, 6.07) is 7.86. The third-order valence-electron chi connectivity index (χ3n) is 3.73. The number of benzene rings is 1. The van der Waals surface area contributed by atoms with Crippen LogP contribution in [0.25, 0.3) is 0 Å². The van der Waals surface area contributed by atoms with Gasteiger partial charge in [-0.3, -0.25) is 9.59 Å². The van der Waals surface area contributed by atoms with Crippen LogP contribution in [-0.2, 0) is 14.4 Å². The van der Waals surface area contributed by atoms with E-state index in [1.807, 2.05) is 38.1 Å². The molecule has 0 aromatic heterocycles. The second kappa shape index (κ2) is 7.76. The monoisotopic (exact) mass is 317 g/mol. The fourth-order valence-corrected chi connectivity index (χ4v) is 2.43. The molecule has 1 aromatic rings. The van der Waals surface area contributed by atoms with Crippen molar-refractivity contribution in [3.8, 4) is 0 Å². The molecule has 1 aromatic carbocycles. The lowest BCUT2D eigenvalue weighted by atomic mass is 10.00. The minimum absolute atomic E-state index is 0.0262. The number of amides is 2. The number of likely N-dealkylation sites (N-methyl/N-ethyl adjacent to an activating group) is 1. The van der Waals surface area contributed by atoms with E-state index in [1.54, 1.807) is 7.05 Å². The van der Waals surface area contributed by atoms with Crippen molar-refractivity contribution in [3.63, 3.8) is 0 Å². The van der Waals surface area contributed by atoms with Gasteiger partial charge in [-0.1, -0.05) is 36.3 Å². The van der Waals surface area contributed by atoms with Gasteiger partial charge in [0, 0.05) is 25.6 Å². The van der Waals surface area contributed by atoms with Gasteiger partial charge in [0.05, 0.1) is 12.3 Å². The highest BCUT2D eigenvalue weighted by Crippen LogP contribution is 2.20. The molecule has 1 N–H and O–H groups in total. The van der Waals surface area contributed by atoms with Crippen LogP contribution in [0.4, 0.5) is 0 Å². The van der Waals surface area contributed by atoms with Crippen LogP contribution in [-0.4, -0.2) is 48.7 Å². The van der Waals surface area contributed by atoms with Crippen LogP contribution >= 0.6 is 0 Å². The number of rotatable bonds is 6. The molecule has 1 atom stereocenters. The Balaban J connectivity index is 1.91. The molecule has 6 nitrogen and oxygen atoms in total. The van der Waals surface area contributed by atoms with E-state index in [0.717, 1.165) is 23.3 Å². The molecule has 0 aliphatic carbocycles. The Kier molecular flexibility index (Phi) is 5.73. The first-order valence-electron chi connectivity index (χ1n) is 7.83. The SMILES string of the molecule is CCCNC(=O)CN(C)C(=O)[C@H]1CC(c2ccccc2C)=NO1. The molecule has 0 fully saturated rings. The van der Waals surface area contributed by atoms with Crippen molar-refractivity contribution in [2.45, 2.75) is 32.8 Å². The van der Waals surface area contributed by atoms with Crippen molar-refractivity contribution < 1.29 is 14.4 Å².